The molecule has 3 rings (SSSR count). The Morgan fingerprint density at radius 2 is 1.86 bits per heavy atom. The molecular weight excluding hydrogens is 392 g/mol. The van der Waals surface area contributed by atoms with Crippen molar-refractivity contribution in [3.05, 3.63) is 67.2 Å². The zero-order valence-electron chi connectivity index (χ0n) is 16.5. The quantitative estimate of drug-likeness (QED) is 0.569. The summed E-state index contributed by atoms with van der Waals surface area (Å²) in [6.45, 7) is 4.03. The molecule has 0 unspecified atom stereocenters. The first kappa shape index (κ1) is 21.0. The Bertz CT molecular complexity index is 1130. The average Bonchev–Trinajstić information content (AvgIpc) is 3.06. The topological polar surface area (TPSA) is 90.5 Å². The van der Waals surface area contributed by atoms with Gasteiger partial charge in [0.2, 0.25) is 0 Å². The number of aliphatic hydroxyl groups excluding tert-OH is 1. The van der Waals surface area contributed by atoms with Crippen LogP contribution in [-0.2, 0) is 24.2 Å². The number of carbonyl (C=O) groups is 1. The molecule has 2 heterocycles. The van der Waals surface area contributed by atoms with E-state index < -0.39 is 17.2 Å². The highest BCUT2D eigenvalue weighted by atomic mass is 32.1. The SMILES string of the molecule is CCOC(=O)c1sc2c(c1C)c(=O)n(CCCO)c(=O)n2CCc1ccccc1. The molecule has 154 valence electrons. The van der Waals surface area contributed by atoms with E-state index in [1.54, 1.807) is 18.4 Å². The average molecular weight is 416 g/mol. The molecule has 1 aromatic carbocycles. The van der Waals surface area contributed by atoms with Crippen LogP contribution in [0.15, 0.2) is 39.9 Å². The number of aryl methyl sites for hydroxylation is 3. The molecule has 1 N–H and O–H groups in total. The molecule has 0 saturated carbocycles. The van der Waals surface area contributed by atoms with Gasteiger partial charge in [-0.3, -0.25) is 13.9 Å². The van der Waals surface area contributed by atoms with Crippen molar-refractivity contribution in [3.63, 3.8) is 0 Å². The minimum Gasteiger partial charge on any atom is -0.462 e. The lowest BCUT2D eigenvalue weighted by Crippen LogP contribution is -2.40. The molecule has 0 aliphatic heterocycles. The predicted octanol–water partition coefficient (Wildman–Crippen LogP) is 2.33. The Morgan fingerprint density at radius 1 is 1.14 bits per heavy atom. The minimum atomic E-state index is -0.491. The van der Waals surface area contributed by atoms with Gasteiger partial charge in [0, 0.05) is 19.7 Å². The molecule has 0 atom stereocenters. The van der Waals surface area contributed by atoms with Crippen LogP contribution < -0.4 is 11.2 Å². The van der Waals surface area contributed by atoms with Crippen LogP contribution in [0.2, 0.25) is 0 Å². The number of nitrogens with zero attached hydrogens (tertiary/aromatic N) is 2. The summed E-state index contributed by atoms with van der Waals surface area (Å²) in [7, 11) is 0. The van der Waals surface area contributed by atoms with Crippen LogP contribution in [0.4, 0.5) is 0 Å². The van der Waals surface area contributed by atoms with Crippen molar-refractivity contribution < 1.29 is 14.6 Å². The molecular formula is C21H24N2O5S. The van der Waals surface area contributed by atoms with Gasteiger partial charge in [-0.15, -0.1) is 11.3 Å². The van der Waals surface area contributed by atoms with Crippen LogP contribution in [0.5, 0.6) is 0 Å². The normalized spacial score (nSPS) is 11.1. The lowest BCUT2D eigenvalue weighted by Gasteiger charge is -2.12. The Morgan fingerprint density at radius 3 is 2.52 bits per heavy atom. The maximum absolute atomic E-state index is 13.1. The van der Waals surface area contributed by atoms with Crippen molar-refractivity contribution in [3.8, 4) is 0 Å². The fourth-order valence-corrected chi connectivity index (χ4v) is 4.51. The van der Waals surface area contributed by atoms with Crippen LogP contribution in [-0.4, -0.2) is 33.4 Å². The van der Waals surface area contributed by atoms with E-state index in [1.807, 2.05) is 30.3 Å². The number of fused-ring (bicyclic) bond motifs is 1. The van der Waals surface area contributed by atoms with E-state index in [1.165, 1.54) is 0 Å². The molecule has 0 amide bonds. The fourth-order valence-electron chi connectivity index (χ4n) is 3.29. The molecule has 0 fully saturated rings. The van der Waals surface area contributed by atoms with Gasteiger partial charge in [0.05, 0.1) is 12.0 Å². The van der Waals surface area contributed by atoms with Gasteiger partial charge in [0.15, 0.2) is 0 Å². The standard InChI is InChI=1S/C21H24N2O5S/c1-3-28-20(26)17-14(2)16-18(25)22(11-7-13-24)21(27)23(19(16)29-17)12-10-15-8-5-4-6-9-15/h4-6,8-9,24H,3,7,10-13H2,1-2H3. The second kappa shape index (κ2) is 9.19. The molecule has 29 heavy (non-hydrogen) atoms. The Balaban J connectivity index is 2.18. The van der Waals surface area contributed by atoms with Crippen molar-refractivity contribution in [1.82, 2.24) is 9.13 Å². The number of benzene rings is 1. The first-order valence-corrected chi connectivity index (χ1v) is 10.4. The van der Waals surface area contributed by atoms with Crippen molar-refractivity contribution in [2.45, 2.75) is 39.8 Å². The molecule has 0 bridgehead atoms. The van der Waals surface area contributed by atoms with Crippen molar-refractivity contribution in [2.24, 2.45) is 0 Å². The van der Waals surface area contributed by atoms with E-state index in [2.05, 4.69) is 0 Å². The second-order valence-corrected chi connectivity index (χ2v) is 7.66. The highest BCUT2D eigenvalue weighted by molar-refractivity contribution is 7.20. The van der Waals surface area contributed by atoms with E-state index in [0.717, 1.165) is 21.5 Å². The molecule has 0 radical (unpaired) electrons. The van der Waals surface area contributed by atoms with E-state index >= 15 is 0 Å². The first-order chi connectivity index (χ1) is 14.0. The number of hydrogen-bond acceptors (Lipinski definition) is 6. The lowest BCUT2D eigenvalue weighted by atomic mass is 10.1. The number of thiophene rings is 1. The predicted molar refractivity (Wildman–Crippen MR) is 113 cm³/mol. The third-order valence-corrected chi connectivity index (χ3v) is 6.06. The summed E-state index contributed by atoms with van der Waals surface area (Å²) in [5.41, 5.74) is 0.737. The number of aliphatic hydroxyl groups is 1. The maximum Gasteiger partial charge on any atom is 0.348 e. The third kappa shape index (κ3) is 4.18. The summed E-state index contributed by atoms with van der Waals surface area (Å²) >= 11 is 1.12. The summed E-state index contributed by atoms with van der Waals surface area (Å²) in [5, 5.41) is 9.52. The summed E-state index contributed by atoms with van der Waals surface area (Å²) in [6.07, 6.45) is 0.910. The van der Waals surface area contributed by atoms with E-state index in [-0.39, 0.29) is 19.8 Å². The van der Waals surface area contributed by atoms with Crippen LogP contribution in [0.1, 0.15) is 34.1 Å². The minimum absolute atomic E-state index is 0.120. The smallest absolute Gasteiger partial charge is 0.348 e. The zero-order chi connectivity index (χ0) is 21.0. The van der Waals surface area contributed by atoms with Crippen molar-refractivity contribution >= 4 is 27.5 Å². The zero-order valence-corrected chi connectivity index (χ0v) is 17.3. The number of aromatic nitrogens is 2. The van der Waals surface area contributed by atoms with Gasteiger partial charge in [-0.05, 0) is 37.8 Å². The van der Waals surface area contributed by atoms with Gasteiger partial charge < -0.3 is 9.84 Å². The molecule has 2 aromatic heterocycles. The molecule has 0 saturated heterocycles. The molecule has 0 aliphatic carbocycles. The van der Waals surface area contributed by atoms with Gasteiger partial charge >= 0.3 is 11.7 Å². The van der Waals surface area contributed by atoms with Crippen LogP contribution in [0.3, 0.4) is 0 Å². The van der Waals surface area contributed by atoms with Crippen LogP contribution >= 0.6 is 11.3 Å². The van der Waals surface area contributed by atoms with Crippen LogP contribution in [0, 0.1) is 6.92 Å². The monoisotopic (exact) mass is 416 g/mol. The van der Waals surface area contributed by atoms with Gasteiger partial charge in [-0.1, -0.05) is 30.3 Å². The van der Waals surface area contributed by atoms with Crippen LogP contribution in [0.25, 0.3) is 10.2 Å². The van der Waals surface area contributed by atoms with E-state index in [9.17, 15) is 14.4 Å². The molecule has 0 aliphatic rings. The number of esters is 1. The summed E-state index contributed by atoms with van der Waals surface area (Å²) in [5.74, 6) is -0.491. The summed E-state index contributed by atoms with van der Waals surface area (Å²) < 4.78 is 7.82. The number of carbonyl (C=O) groups excluding carboxylic acids is 1. The van der Waals surface area contributed by atoms with Gasteiger partial charge in [0.1, 0.15) is 9.71 Å². The highest BCUT2D eigenvalue weighted by Gasteiger charge is 2.23. The number of ether oxygens (including phenoxy) is 1. The molecule has 8 heteroatoms. The fraction of sp³-hybridized carbons (Fsp3) is 0.381. The Kier molecular flexibility index (Phi) is 6.66. The van der Waals surface area contributed by atoms with Crippen molar-refractivity contribution in [2.75, 3.05) is 13.2 Å². The van der Waals surface area contributed by atoms with E-state index in [4.69, 9.17) is 9.84 Å². The highest BCUT2D eigenvalue weighted by Crippen LogP contribution is 2.28. The van der Waals surface area contributed by atoms with Crippen molar-refractivity contribution in [1.29, 1.82) is 0 Å². The van der Waals surface area contributed by atoms with Gasteiger partial charge in [0.25, 0.3) is 5.56 Å². The third-order valence-electron chi connectivity index (χ3n) is 4.76. The molecule has 7 nitrogen and oxygen atoms in total. The Hall–Kier alpha value is -2.71. The molecule has 0 spiro atoms. The molecule has 3 aromatic rings. The van der Waals surface area contributed by atoms with Gasteiger partial charge in [-0.2, -0.15) is 0 Å². The van der Waals surface area contributed by atoms with Gasteiger partial charge in [-0.25, -0.2) is 9.59 Å². The summed E-state index contributed by atoms with van der Waals surface area (Å²) in [4.78, 5) is 39.3. The first-order valence-electron chi connectivity index (χ1n) is 9.58. The lowest BCUT2D eigenvalue weighted by molar-refractivity contribution is 0.0531. The largest absolute Gasteiger partial charge is 0.462 e. The number of rotatable bonds is 8. The second-order valence-electron chi connectivity index (χ2n) is 6.66. The van der Waals surface area contributed by atoms with E-state index in [0.29, 0.717) is 40.0 Å². The maximum atomic E-state index is 13.1. The number of hydrogen-bond donors (Lipinski definition) is 1. The summed E-state index contributed by atoms with van der Waals surface area (Å²) in [6, 6.07) is 9.76. The Labute approximate surface area is 171 Å².